The highest BCUT2D eigenvalue weighted by molar-refractivity contribution is 5.00. The monoisotopic (exact) mass is 587 g/mol. The third-order valence-electron chi connectivity index (χ3n) is 8.21. The molecule has 0 radical (unpaired) electrons. The van der Waals surface area contributed by atoms with Crippen LogP contribution in [0, 0.1) is 0 Å². The van der Waals surface area contributed by atoms with Crippen LogP contribution in [0.2, 0.25) is 0 Å². The molecule has 2 N–H and O–H groups in total. The zero-order chi connectivity index (χ0) is 29.9. The molecule has 0 aliphatic carbocycles. The van der Waals surface area contributed by atoms with Gasteiger partial charge in [-0.25, -0.2) is 0 Å². The van der Waals surface area contributed by atoms with Gasteiger partial charge in [0, 0.05) is 13.1 Å². The van der Waals surface area contributed by atoms with Gasteiger partial charge in [0.05, 0.1) is 25.4 Å². The van der Waals surface area contributed by atoms with E-state index in [0.29, 0.717) is 13.1 Å². The van der Waals surface area contributed by atoms with Gasteiger partial charge in [0.2, 0.25) is 0 Å². The normalized spacial score (nSPS) is 29.9. The molecule has 0 amide bonds. The number of aliphatic hydroxyl groups excluding tert-OH is 2. The summed E-state index contributed by atoms with van der Waals surface area (Å²) in [5.41, 5.74) is 0. The van der Waals surface area contributed by atoms with Gasteiger partial charge in [0.25, 0.3) is 0 Å². The lowest BCUT2D eigenvalue weighted by Gasteiger charge is -2.37. The van der Waals surface area contributed by atoms with Crippen LogP contribution in [-0.2, 0) is 28.4 Å². The first-order valence-electron chi connectivity index (χ1n) is 16.6. The summed E-state index contributed by atoms with van der Waals surface area (Å²) in [7, 11) is 0. The number of hydrogen-bond acceptors (Lipinski definition) is 9. The molecule has 0 aromatic carbocycles. The van der Waals surface area contributed by atoms with Crippen molar-refractivity contribution in [1.29, 1.82) is 0 Å². The molecule has 3 fully saturated rings. The first kappa shape index (κ1) is 35.1. The van der Waals surface area contributed by atoms with E-state index in [1.807, 2.05) is 27.7 Å². The number of hydrogen-bond donors (Lipinski definition) is 2. The molecule has 3 saturated heterocycles. The largest absolute Gasteiger partial charge is 0.392 e. The number of aliphatic hydroxyl groups is 2. The van der Waals surface area contributed by atoms with Crippen LogP contribution in [0.5, 0.6) is 0 Å². The maximum Gasteiger partial charge on any atom is 0.190 e. The van der Waals surface area contributed by atoms with Crippen LogP contribution in [0.4, 0.5) is 0 Å². The van der Waals surface area contributed by atoms with E-state index in [1.165, 1.54) is 57.8 Å². The standard InChI is InChI=1S/C32H61NO8/c1-7-9-10-11-12-13-14-15-16-17-18-24(34)20-33(19-8-2)21-25(35)22-36-23-26-27-28(39-31(3,4)38-27)29-30(37-26)41-32(5,6)40-29/h24-30,34-35H,7-23H2,1-6H3/t24?,25?,26-,27+,28+,29-,30-/m1/s1. The quantitative estimate of drug-likeness (QED) is 0.177. The van der Waals surface area contributed by atoms with Crippen molar-refractivity contribution in [2.75, 3.05) is 32.8 Å². The summed E-state index contributed by atoms with van der Waals surface area (Å²) in [6.45, 7) is 14.2. The predicted octanol–water partition coefficient (Wildman–Crippen LogP) is 5.14. The molecule has 0 aromatic rings. The number of ether oxygens (including phenoxy) is 6. The van der Waals surface area contributed by atoms with Gasteiger partial charge >= 0.3 is 0 Å². The van der Waals surface area contributed by atoms with Crippen LogP contribution >= 0.6 is 0 Å². The molecule has 0 aromatic heterocycles. The number of rotatable bonds is 21. The molecule has 242 valence electrons. The van der Waals surface area contributed by atoms with Crippen molar-refractivity contribution in [2.45, 2.75) is 173 Å². The Balaban J connectivity index is 1.33. The second kappa shape index (κ2) is 17.2. The van der Waals surface area contributed by atoms with E-state index >= 15 is 0 Å². The molecule has 7 atom stereocenters. The van der Waals surface area contributed by atoms with Crippen molar-refractivity contribution in [2.24, 2.45) is 0 Å². The van der Waals surface area contributed by atoms with Crippen molar-refractivity contribution in [3.8, 4) is 0 Å². The average Bonchev–Trinajstić information content (AvgIpc) is 3.39. The van der Waals surface area contributed by atoms with Gasteiger partial charge in [-0.05, 0) is 47.1 Å². The van der Waals surface area contributed by atoms with Crippen molar-refractivity contribution < 1.29 is 38.6 Å². The summed E-state index contributed by atoms with van der Waals surface area (Å²) in [6.07, 6.45) is 11.7. The van der Waals surface area contributed by atoms with E-state index < -0.39 is 30.1 Å². The minimum absolute atomic E-state index is 0.174. The zero-order valence-electron chi connectivity index (χ0n) is 26.9. The Labute approximate surface area is 249 Å². The highest BCUT2D eigenvalue weighted by Gasteiger charge is 2.60. The first-order chi connectivity index (χ1) is 19.5. The Morgan fingerprint density at radius 1 is 0.683 bits per heavy atom. The Morgan fingerprint density at radius 2 is 1.24 bits per heavy atom. The highest BCUT2D eigenvalue weighted by atomic mass is 16.9. The van der Waals surface area contributed by atoms with Gasteiger partial charge in [-0.2, -0.15) is 0 Å². The van der Waals surface area contributed by atoms with Crippen molar-refractivity contribution in [3.05, 3.63) is 0 Å². The Hall–Kier alpha value is -0.360. The molecular weight excluding hydrogens is 526 g/mol. The van der Waals surface area contributed by atoms with E-state index in [2.05, 4.69) is 18.7 Å². The maximum absolute atomic E-state index is 10.8. The third-order valence-corrected chi connectivity index (χ3v) is 8.21. The zero-order valence-corrected chi connectivity index (χ0v) is 26.9. The van der Waals surface area contributed by atoms with Crippen molar-refractivity contribution in [1.82, 2.24) is 4.90 Å². The molecular formula is C32H61NO8. The molecule has 3 aliphatic heterocycles. The molecule has 2 unspecified atom stereocenters. The Kier molecular flexibility index (Phi) is 14.7. The van der Waals surface area contributed by atoms with Crippen molar-refractivity contribution >= 4 is 0 Å². The Morgan fingerprint density at radius 3 is 1.90 bits per heavy atom. The van der Waals surface area contributed by atoms with E-state index in [-0.39, 0.29) is 37.6 Å². The van der Waals surface area contributed by atoms with Crippen molar-refractivity contribution in [3.63, 3.8) is 0 Å². The van der Waals surface area contributed by atoms with Gasteiger partial charge in [0.1, 0.15) is 24.4 Å². The smallest absolute Gasteiger partial charge is 0.190 e. The van der Waals surface area contributed by atoms with Crippen LogP contribution in [0.3, 0.4) is 0 Å². The van der Waals surface area contributed by atoms with Gasteiger partial charge in [-0.1, -0.05) is 78.1 Å². The molecule has 0 bridgehead atoms. The second-order valence-corrected chi connectivity index (χ2v) is 13.3. The summed E-state index contributed by atoms with van der Waals surface area (Å²) in [5.74, 6) is -1.51. The number of fused-ring (bicyclic) bond motifs is 3. The van der Waals surface area contributed by atoms with Crippen LogP contribution in [0.1, 0.15) is 119 Å². The van der Waals surface area contributed by atoms with Gasteiger partial charge in [0.15, 0.2) is 17.9 Å². The third kappa shape index (κ3) is 11.9. The summed E-state index contributed by atoms with van der Waals surface area (Å²) < 4.78 is 36.5. The Bertz CT molecular complexity index is 722. The van der Waals surface area contributed by atoms with Gasteiger partial charge < -0.3 is 38.6 Å². The molecule has 0 saturated carbocycles. The fraction of sp³-hybridized carbons (Fsp3) is 1.00. The lowest BCUT2D eigenvalue weighted by Crippen LogP contribution is -2.56. The summed E-state index contributed by atoms with van der Waals surface area (Å²) >= 11 is 0. The fourth-order valence-corrected chi connectivity index (χ4v) is 6.33. The van der Waals surface area contributed by atoms with Crippen LogP contribution in [0.15, 0.2) is 0 Å². The number of nitrogens with zero attached hydrogens (tertiary/aromatic N) is 1. The molecule has 9 heteroatoms. The SMILES string of the molecule is CCCCCCCCCCCCC(O)CN(CCC)CC(O)COC[C@H]1O[C@@H]2OC(C)(C)O[C@@H]2[C@H]2OC(C)(C)O[C@H]21. The number of unbranched alkanes of at least 4 members (excludes halogenated alkanes) is 9. The molecule has 0 spiro atoms. The average molecular weight is 588 g/mol. The minimum atomic E-state index is -0.761. The summed E-state index contributed by atoms with van der Waals surface area (Å²) in [5, 5.41) is 21.4. The predicted molar refractivity (Wildman–Crippen MR) is 159 cm³/mol. The van der Waals surface area contributed by atoms with Gasteiger partial charge in [-0.3, -0.25) is 4.90 Å². The van der Waals surface area contributed by atoms with E-state index in [0.717, 1.165) is 25.8 Å². The minimum Gasteiger partial charge on any atom is -0.392 e. The molecule has 9 nitrogen and oxygen atoms in total. The van der Waals surface area contributed by atoms with Gasteiger partial charge in [-0.15, -0.1) is 0 Å². The summed E-state index contributed by atoms with van der Waals surface area (Å²) in [4.78, 5) is 2.15. The molecule has 3 aliphatic rings. The maximum atomic E-state index is 10.8. The van der Waals surface area contributed by atoms with E-state index in [9.17, 15) is 10.2 Å². The molecule has 3 rings (SSSR count). The van der Waals surface area contributed by atoms with Crippen LogP contribution in [-0.4, -0.2) is 102 Å². The van der Waals surface area contributed by atoms with E-state index in [4.69, 9.17) is 28.4 Å². The topological polar surface area (TPSA) is 99.1 Å². The highest BCUT2D eigenvalue weighted by Crippen LogP contribution is 2.44. The first-order valence-corrected chi connectivity index (χ1v) is 16.6. The summed E-state index contributed by atoms with van der Waals surface area (Å²) in [6, 6.07) is 0. The molecule has 41 heavy (non-hydrogen) atoms. The fourth-order valence-electron chi connectivity index (χ4n) is 6.33. The lowest BCUT2D eigenvalue weighted by atomic mass is 9.99. The van der Waals surface area contributed by atoms with Crippen LogP contribution < -0.4 is 0 Å². The van der Waals surface area contributed by atoms with E-state index in [1.54, 1.807) is 0 Å². The molecule has 3 heterocycles. The second-order valence-electron chi connectivity index (χ2n) is 13.3. The lowest BCUT2D eigenvalue weighted by molar-refractivity contribution is -0.244. The van der Waals surface area contributed by atoms with Crippen LogP contribution in [0.25, 0.3) is 0 Å².